The van der Waals surface area contributed by atoms with E-state index < -0.39 is 23.8 Å². The first kappa shape index (κ1) is 14.3. The normalized spacial score (nSPS) is 14.6. The molecule has 0 aliphatic carbocycles. The number of carbonyl (C=O) groups is 2. The minimum atomic E-state index is -4.55. The summed E-state index contributed by atoms with van der Waals surface area (Å²) in [4.78, 5) is 30.6. The van der Waals surface area contributed by atoms with Gasteiger partial charge in [0.05, 0.1) is 11.1 Å². The molecule has 1 aliphatic rings. The fraction of sp³-hybridized carbons (Fsp3) is 0.214. The molecule has 8 heteroatoms. The highest BCUT2D eigenvalue weighted by atomic mass is 19.4. The number of halogens is 3. The number of nitrogens with zero attached hydrogens (tertiary/aromatic N) is 2. The van der Waals surface area contributed by atoms with Crippen molar-refractivity contribution in [2.24, 2.45) is 0 Å². The molecule has 22 heavy (non-hydrogen) atoms. The summed E-state index contributed by atoms with van der Waals surface area (Å²) in [6.07, 6.45) is -3.41. The second-order valence-corrected chi connectivity index (χ2v) is 4.81. The number of carbonyl (C=O) groups excluding carboxylic acids is 2. The van der Waals surface area contributed by atoms with Gasteiger partial charge in [0, 0.05) is 24.9 Å². The molecule has 0 fully saturated rings. The molecule has 3 rings (SSSR count). The van der Waals surface area contributed by atoms with E-state index in [9.17, 15) is 22.8 Å². The maximum atomic E-state index is 12.4. The lowest BCUT2D eigenvalue weighted by molar-refractivity contribution is -0.144. The van der Waals surface area contributed by atoms with Gasteiger partial charge < -0.3 is 4.98 Å². The van der Waals surface area contributed by atoms with Gasteiger partial charge in [0.15, 0.2) is 0 Å². The van der Waals surface area contributed by atoms with Gasteiger partial charge in [-0.25, -0.2) is 4.98 Å². The Balaban J connectivity index is 1.72. The van der Waals surface area contributed by atoms with Crippen LogP contribution in [0.2, 0.25) is 0 Å². The number of hydrogen-bond acceptors (Lipinski definition) is 3. The van der Waals surface area contributed by atoms with Crippen molar-refractivity contribution in [2.45, 2.75) is 12.6 Å². The number of amides is 2. The van der Waals surface area contributed by atoms with Crippen LogP contribution in [0.4, 0.5) is 13.2 Å². The molecular weight excluding hydrogens is 299 g/mol. The summed E-state index contributed by atoms with van der Waals surface area (Å²) in [5.74, 6) is -1.96. The lowest BCUT2D eigenvalue weighted by atomic mass is 10.1. The van der Waals surface area contributed by atoms with E-state index >= 15 is 0 Å². The minimum Gasteiger partial charge on any atom is -0.338 e. The molecule has 0 bridgehead atoms. The minimum absolute atomic E-state index is 0.00810. The summed E-state index contributed by atoms with van der Waals surface area (Å²) >= 11 is 0. The van der Waals surface area contributed by atoms with E-state index in [1.54, 1.807) is 24.3 Å². The van der Waals surface area contributed by atoms with Crippen molar-refractivity contribution in [2.75, 3.05) is 6.54 Å². The maximum absolute atomic E-state index is 12.4. The van der Waals surface area contributed by atoms with Crippen LogP contribution in [0.15, 0.2) is 30.5 Å². The fourth-order valence-corrected chi connectivity index (χ4v) is 2.30. The summed E-state index contributed by atoms with van der Waals surface area (Å²) < 4.78 is 37.3. The van der Waals surface area contributed by atoms with E-state index in [-0.39, 0.29) is 18.7 Å². The smallest absolute Gasteiger partial charge is 0.338 e. The van der Waals surface area contributed by atoms with Crippen LogP contribution in [-0.4, -0.2) is 33.2 Å². The molecule has 1 aromatic carbocycles. The first-order valence-corrected chi connectivity index (χ1v) is 6.44. The number of imide groups is 1. The van der Waals surface area contributed by atoms with Gasteiger partial charge in [-0.15, -0.1) is 0 Å². The van der Waals surface area contributed by atoms with Crippen LogP contribution >= 0.6 is 0 Å². The standard InChI is InChI=1S/C14H10F3N3O2/c15-14(16,17)13-18-7-8(19-13)5-6-20-11(21)9-3-1-2-4-10(9)12(20)22/h1-4,7H,5-6H2,(H,18,19). The first-order valence-electron chi connectivity index (χ1n) is 6.44. The van der Waals surface area contributed by atoms with Crippen molar-refractivity contribution >= 4 is 11.8 Å². The molecule has 1 aromatic heterocycles. The average molecular weight is 309 g/mol. The molecule has 1 aliphatic heterocycles. The summed E-state index contributed by atoms with van der Waals surface area (Å²) in [6, 6.07) is 6.40. The van der Waals surface area contributed by atoms with E-state index in [0.29, 0.717) is 11.1 Å². The van der Waals surface area contributed by atoms with E-state index in [1.165, 1.54) is 0 Å². The molecule has 2 amide bonds. The Morgan fingerprint density at radius 2 is 1.68 bits per heavy atom. The topological polar surface area (TPSA) is 66.1 Å². The van der Waals surface area contributed by atoms with Crippen molar-refractivity contribution in [3.8, 4) is 0 Å². The molecule has 0 atom stereocenters. The largest absolute Gasteiger partial charge is 0.449 e. The second kappa shape index (κ2) is 4.97. The van der Waals surface area contributed by atoms with Crippen LogP contribution in [0, 0.1) is 0 Å². The molecule has 2 aromatic rings. The zero-order chi connectivity index (χ0) is 15.9. The lowest BCUT2D eigenvalue weighted by Gasteiger charge is -2.12. The van der Waals surface area contributed by atoms with Crippen LogP contribution in [-0.2, 0) is 12.6 Å². The van der Waals surface area contributed by atoms with Gasteiger partial charge in [0.1, 0.15) is 0 Å². The van der Waals surface area contributed by atoms with Crippen molar-refractivity contribution in [3.05, 3.63) is 53.1 Å². The Hall–Kier alpha value is -2.64. The third kappa shape index (κ3) is 2.36. The van der Waals surface area contributed by atoms with Gasteiger partial charge in [-0.3, -0.25) is 14.5 Å². The van der Waals surface area contributed by atoms with Gasteiger partial charge in [-0.2, -0.15) is 13.2 Å². The zero-order valence-electron chi connectivity index (χ0n) is 11.1. The number of aromatic amines is 1. The van der Waals surface area contributed by atoms with E-state index in [0.717, 1.165) is 11.1 Å². The van der Waals surface area contributed by atoms with E-state index in [2.05, 4.69) is 9.97 Å². The Morgan fingerprint density at radius 3 is 2.18 bits per heavy atom. The monoisotopic (exact) mass is 309 g/mol. The summed E-state index contributed by atoms with van der Waals surface area (Å²) in [7, 11) is 0. The van der Waals surface area contributed by atoms with Crippen molar-refractivity contribution < 1.29 is 22.8 Å². The van der Waals surface area contributed by atoms with Crippen LogP contribution in [0.5, 0.6) is 0 Å². The molecule has 5 nitrogen and oxygen atoms in total. The molecule has 0 saturated heterocycles. The van der Waals surface area contributed by atoms with Gasteiger partial charge in [0.25, 0.3) is 11.8 Å². The highest BCUT2D eigenvalue weighted by Gasteiger charge is 2.36. The number of alkyl halides is 3. The van der Waals surface area contributed by atoms with Crippen LogP contribution in [0.3, 0.4) is 0 Å². The van der Waals surface area contributed by atoms with E-state index in [1.807, 2.05) is 0 Å². The Kier molecular flexibility index (Phi) is 3.23. The number of H-pyrrole nitrogens is 1. The van der Waals surface area contributed by atoms with E-state index in [4.69, 9.17) is 0 Å². The van der Waals surface area contributed by atoms with Gasteiger partial charge >= 0.3 is 6.18 Å². The molecule has 114 valence electrons. The number of hydrogen-bond donors (Lipinski definition) is 1. The van der Waals surface area contributed by atoms with Gasteiger partial charge in [-0.1, -0.05) is 12.1 Å². The summed E-state index contributed by atoms with van der Waals surface area (Å²) in [5.41, 5.74) is 0.838. The van der Waals surface area contributed by atoms with Crippen molar-refractivity contribution in [1.29, 1.82) is 0 Å². The predicted molar refractivity (Wildman–Crippen MR) is 69.1 cm³/mol. The van der Waals surface area contributed by atoms with Crippen molar-refractivity contribution in [3.63, 3.8) is 0 Å². The second-order valence-electron chi connectivity index (χ2n) is 4.81. The number of aromatic nitrogens is 2. The lowest BCUT2D eigenvalue weighted by Crippen LogP contribution is -2.31. The molecule has 0 radical (unpaired) electrons. The third-order valence-electron chi connectivity index (χ3n) is 3.38. The third-order valence-corrected chi connectivity index (χ3v) is 3.38. The number of fused-ring (bicyclic) bond motifs is 1. The first-order chi connectivity index (χ1) is 10.4. The van der Waals surface area contributed by atoms with Crippen LogP contribution in [0.1, 0.15) is 32.2 Å². The SMILES string of the molecule is O=C1c2ccccc2C(=O)N1CCc1cnc(C(F)(F)F)[nH]1. The van der Waals surface area contributed by atoms with Gasteiger partial charge in [0.2, 0.25) is 5.82 Å². The zero-order valence-corrected chi connectivity index (χ0v) is 11.1. The predicted octanol–water partition coefficient (Wildman–Crippen LogP) is 2.27. The number of imidazole rings is 1. The Morgan fingerprint density at radius 1 is 1.09 bits per heavy atom. The summed E-state index contributed by atoms with van der Waals surface area (Å²) in [5, 5.41) is 0. The fourth-order valence-electron chi connectivity index (χ4n) is 2.30. The molecular formula is C14H10F3N3O2. The Labute approximate surface area is 122 Å². The summed E-state index contributed by atoms with van der Waals surface area (Å²) in [6.45, 7) is -0.00810. The number of benzene rings is 1. The van der Waals surface area contributed by atoms with Crippen LogP contribution in [0.25, 0.3) is 0 Å². The molecule has 0 spiro atoms. The number of nitrogens with one attached hydrogen (secondary N) is 1. The average Bonchev–Trinajstić information content (AvgIpc) is 3.03. The molecule has 1 N–H and O–H groups in total. The molecule has 2 heterocycles. The highest BCUT2D eigenvalue weighted by molar-refractivity contribution is 6.21. The van der Waals surface area contributed by atoms with Gasteiger partial charge in [-0.05, 0) is 12.1 Å². The quantitative estimate of drug-likeness (QED) is 0.885. The molecule has 0 unspecified atom stereocenters. The maximum Gasteiger partial charge on any atom is 0.449 e. The van der Waals surface area contributed by atoms with Crippen LogP contribution < -0.4 is 0 Å². The highest BCUT2D eigenvalue weighted by Crippen LogP contribution is 2.27. The Bertz CT molecular complexity index is 717. The number of rotatable bonds is 3. The van der Waals surface area contributed by atoms with Crippen molar-refractivity contribution in [1.82, 2.24) is 14.9 Å². The molecule has 0 saturated carbocycles.